The quantitative estimate of drug-likeness (QED) is 0.218. The molecule has 0 aliphatic carbocycles. The van der Waals surface area contributed by atoms with Gasteiger partial charge in [0.2, 0.25) is 5.90 Å². The van der Waals surface area contributed by atoms with Gasteiger partial charge in [-0.05, 0) is 64.8 Å². The van der Waals surface area contributed by atoms with Gasteiger partial charge in [0.05, 0.1) is 11.1 Å². The zero-order valence-corrected chi connectivity index (χ0v) is 19.7. The number of ether oxygens (including phenoxy) is 3. The Labute approximate surface area is 203 Å². The molecule has 8 heteroatoms. The van der Waals surface area contributed by atoms with E-state index in [0.717, 1.165) is 0 Å². The lowest BCUT2D eigenvalue weighted by Gasteiger charge is -2.14. The molecule has 0 saturated heterocycles. The van der Waals surface area contributed by atoms with E-state index in [1.807, 2.05) is 13.0 Å². The number of carbonyl (C=O) groups excluding carboxylic acids is 2. The molecular weight excluding hydrogens is 505 g/mol. The SMILES string of the molecule is CCOc1cc(/C=C2\N=C(c3cccc(F)c3)OC2=O)cc(Br)c1OCC(=O)c1ccccc1. The van der Waals surface area contributed by atoms with E-state index in [1.54, 1.807) is 42.5 Å². The first kappa shape index (κ1) is 23.4. The van der Waals surface area contributed by atoms with E-state index < -0.39 is 11.8 Å². The molecule has 0 unspecified atom stereocenters. The van der Waals surface area contributed by atoms with Crippen molar-refractivity contribution in [2.24, 2.45) is 4.99 Å². The van der Waals surface area contributed by atoms with Gasteiger partial charge in [-0.2, -0.15) is 0 Å². The molecule has 1 aliphatic rings. The lowest BCUT2D eigenvalue weighted by atomic mass is 10.1. The van der Waals surface area contributed by atoms with Crippen LogP contribution in [0.2, 0.25) is 0 Å². The van der Waals surface area contributed by atoms with E-state index >= 15 is 0 Å². The van der Waals surface area contributed by atoms with Crippen molar-refractivity contribution in [1.29, 1.82) is 0 Å². The largest absolute Gasteiger partial charge is 0.490 e. The molecule has 3 aromatic carbocycles. The number of Topliss-reactive ketones (excluding diaryl/α,β-unsaturated/α-hetero) is 1. The van der Waals surface area contributed by atoms with Crippen LogP contribution < -0.4 is 9.47 Å². The van der Waals surface area contributed by atoms with Crippen molar-refractivity contribution in [3.8, 4) is 11.5 Å². The third-order valence-electron chi connectivity index (χ3n) is 4.77. The first-order valence-corrected chi connectivity index (χ1v) is 11.2. The van der Waals surface area contributed by atoms with Gasteiger partial charge in [0, 0.05) is 11.1 Å². The van der Waals surface area contributed by atoms with Crippen LogP contribution in [-0.2, 0) is 9.53 Å². The van der Waals surface area contributed by atoms with Crippen molar-refractivity contribution < 1.29 is 28.2 Å². The molecule has 0 spiro atoms. The van der Waals surface area contributed by atoms with E-state index in [4.69, 9.17) is 14.2 Å². The number of aliphatic imine (C=N–C) groups is 1. The number of carbonyl (C=O) groups is 2. The summed E-state index contributed by atoms with van der Waals surface area (Å²) in [4.78, 5) is 28.9. The predicted molar refractivity (Wildman–Crippen MR) is 129 cm³/mol. The van der Waals surface area contributed by atoms with Crippen LogP contribution in [0.4, 0.5) is 4.39 Å². The van der Waals surface area contributed by atoms with Crippen molar-refractivity contribution in [2.75, 3.05) is 13.2 Å². The second-order valence-electron chi connectivity index (χ2n) is 7.19. The number of hydrogen-bond donors (Lipinski definition) is 0. The Bertz CT molecular complexity index is 1300. The molecular formula is C26H19BrFNO5. The molecule has 3 aromatic rings. The van der Waals surface area contributed by atoms with Gasteiger partial charge in [0.1, 0.15) is 5.82 Å². The van der Waals surface area contributed by atoms with Crippen molar-refractivity contribution in [3.63, 3.8) is 0 Å². The van der Waals surface area contributed by atoms with Crippen molar-refractivity contribution in [2.45, 2.75) is 6.92 Å². The van der Waals surface area contributed by atoms with Gasteiger partial charge in [0.25, 0.3) is 0 Å². The summed E-state index contributed by atoms with van der Waals surface area (Å²) in [6, 6.07) is 17.9. The van der Waals surface area contributed by atoms with Crippen LogP contribution in [0.1, 0.15) is 28.4 Å². The summed E-state index contributed by atoms with van der Waals surface area (Å²) < 4.78 is 30.7. The molecule has 0 amide bonds. The second-order valence-corrected chi connectivity index (χ2v) is 8.04. The average Bonchev–Trinajstić information content (AvgIpc) is 3.19. The van der Waals surface area contributed by atoms with Crippen LogP contribution in [0.25, 0.3) is 6.08 Å². The van der Waals surface area contributed by atoms with Crippen LogP contribution in [0.5, 0.6) is 11.5 Å². The topological polar surface area (TPSA) is 74.2 Å². The lowest BCUT2D eigenvalue weighted by molar-refractivity contribution is -0.129. The summed E-state index contributed by atoms with van der Waals surface area (Å²) in [5, 5.41) is 0. The number of ketones is 1. The van der Waals surface area contributed by atoms with Crippen LogP contribution in [-0.4, -0.2) is 30.9 Å². The van der Waals surface area contributed by atoms with E-state index in [-0.39, 0.29) is 24.0 Å². The molecule has 0 aromatic heterocycles. The number of benzene rings is 3. The Morgan fingerprint density at radius 1 is 1.09 bits per heavy atom. The fraction of sp³-hybridized carbons (Fsp3) is 0.115. The molecule has 6 nitrogen and oxygen atoms in total. The first-order chi connectivity index (χ1) is 16.4. The highest BCUT2D eigenvalue weighted by Gasteiger charge is 2.25. The van der Waals surface area contributed by atoms with Gasteiger partial charge < -0.3 is 14.2 Å². The van der Waals surface area contributed by atoms with Crippen LogP contribution >= 0.6 is 15.9 Å². The summed E-state index contributed by atoms with van der Waals surface area (Å²) in [6.45, 7) is 2.01. The zero-order chi connectivity index (χ0) is 24.1. The Morgan fingerprint density at radius 2 is 1.88 bits per heavy atom. The molecule has 172 valence electrons. The zero-order valence-electron chi connectivity index (χ0n) is 18.1. The maximum absolute atomic E-state index is 13.5. The van der Waals surface area contributed by atoms with Gasteiger partial charge >= 0.3 is 5.97 Å². The van der Waals surface area contributed by atoms with Gasteiger partial charge in [-0.25, -0.2) is 14.2 Å². The normalized spacial score (nSPS) is 14.0. The predicted octanol–water partition coefficient (Wildman–Crippen LogP) is 5.59. The van der Waals surface area contributed by atoms with Crippen molar-refractivity contribution in [1.82, 2.24) is 0 Å². The maximum Gasteiger partial charge on any atom is 0.363 e. The number of hydrogen-bond acceptors (Lipinski definition) is 6. The lowest BCUT2D eigenvalue weighted by Crippen LogP contribution is -2.12. The molecule has 0 bridgehead atoms. The van der Waals surface area contributed by atoms with Gasteiger partial charge in [-0.15, -0.1) is 0 Å². The van der Waals surface area contributed by atoms with Crippen LogP contribution in [0, 0.1) is 5.82 Å². The fourth-order valence-electron chi connectivity index (χ4n) is 3.23. The minimum absolute atomic E-state index is 0.0271. The summed E-state index contributed by atoms with van der Waals surface area (Å²) >= 11 is 3.46. The third-order valence-corrected chi connectivity index (χ3v) is 5.36. The molecule has 1 heterocycles. The molecule has 1 aliphatic heterocycles. The van der Waals surface area contributed by atoms with Gasteiger partial charge in [-0.1, -0.05) is 36.4 Å². The number of rotatable bonds is 8. The minimum Gasteiger partial charge on any atom is -0.490 e. The molecule has 0 fully saturated rings. The van der Waals surface area contributed by atoms with Crippen LogP contribution in [0.15, 0.2) is 81.9 Å². The highest BCUT2D eigenvalue weighted by Crippen LogP contribution is 2.38. The number of esters is 1. The fourth-order valence-corrected chi connectivity index (χ4v) is 3.81. The highest BCUT2D eigenvalue weighted by atomic mass is 79.9. The summed E-state index contributed by atoms with van der Waals surface area (Å²) in [5.41, 5.74) is 1.55. The molecule has 34 heavy (non-hydrogen) atoms. The Hall–Kier alpha value is -3.78. The Kier molecular flexibility index (Phi) is 7.18. The van der Waals surface area contributed by atoms with E-state index in [1.165, 1.54) is 24.3 Å². The molecule has 0 saturated carbocycles. The van der Waals surface area contributed by atoms with Crippen molar-refractivity contribution >= 4 is 39.7 Å². The van der Waals surface area contributed by atoms with Gasteiger partial charge in [-0.3, -0.25) is 4.79 Å². The van der Waals surface area contributed by atoms with Gasteiger partial charge in [0.15, 0.2) is 29.6 Å². The number of nitrogens with zero attached hydrogens (tertiary/aromatic N) is 1. The number of halogens is 2. The van der Waals surface area contributed by atoms with E-state index in [9.17, 15) is 14.0 Å². The summed E-state index contributed by atoms with van der Waals surface area (Å²) in [7, 11) is 0. The smallest absolute Gasteiger partial charge is 0.363 e. The molecule has 0 N–H and O–H groups in total. The van der Waals surface area contributed by atoms with E-state index in [2.05, 4.69) is 20.9 Å². The van der Waals surface area contributed by atoms with Crippen molar-refractivity contribution in [3.05, 3.63) is 99.4 Å². The number of cyclic esters (lactones) is 1. The molecule has 0 radical (unpaired) electrons. The highest BCUT2D eigenvalue weighted by molar-refractivity contribution is 9.10. The maximum atomic E-state index is 13.5. The Balaban J connectivity index is 1.59. The second kappa shape index (κ2) is 10.4. The minimum atomic E-state index is -0.651. The summed E-state index contributed by atoms with van der Waals surface area (Å²) in [5.74, 6) is -0.493. The monoisotopic (exact) mass is 523 g/mol. The molecule has 4 rings (SSSR count). The average molecular weight is 524 g/mol. The standard InChI is InChI=1S/C26H19BrFNO5/c1-2-32-23-13-16(11-20(27)24(23)33-15-22(30)17-7-4-3-5-8-17)12-21-26(31)34-25(29-21)18-9-6-10-19(28)14-18/h3-14H,2,15H2,1H3/b21-12-. The third kappa shape index (κ3) is 5.40. The molecule has 0 atom stereocenters. The summed E-state index contributed by atoms with van der Waals surface area (Å²) in [6.07, 6.45) is 1.53. The van der Waals surface area contributed by atoms with Crippen LogP contribution in [0.3, 0.4) is 0 Å². The Morgan fingerprint density at radius 3 is 2.62 bits per heavy atom. The first-order valence-electron chi connectivity index (χ1n) is 10.4. The van der Waals surface area contributed by atoms with E-state index in [0.29, 0.717) is 39.3 Å².